The fourth-order valence-corrected chi connectivity index (χ4v) is 3.19. The highest BCUT2D eigenvalue weighted by atomic mass is 16.5. The number of carbonyl (C=O) groups excluding carboxylic acids is 1. The number of carbonyl (C=O) groups is 1. The van der Waals surface area contributed by atoms with Crippen molar-refractivity contribution in [1.29, 1.82) is 0 Å². The molecule has 1 amide bonds. The smallest absolute Gasteiger partial charge is 0.246 e. The van der Waals surface area contributed by atoms with Crippen LogP contribution in [0, 0.1) is 6.92 Å². The highest BCUT2D eigenvalue weighted by molar-refractivity contribution is 5.90. The summed E-state index contributed by atoms with van der Waals surface area (Å²) < 4.78 is 7.62. The number of amides is 1. The van der Waals surface area contributed by atoms with Crippen LogP contribution in [0.3, 0.4) is 0 Å². The maximum absolute atomic E-state index is 12.2. The van der Waals surface area contributed by atoms with E-state index < -0.39 is 0 Å². The van der Waals surface area contributed by atoms with Gasteiger partial charge >= 0.3 is 0 Å². The van der Waals surface area contributed by atoms with Gasteiger partial charge in [0.25, 0.3) is 0 Å². The van der Waals surface area contributed by atoms with Gasteiger partial charge in [-0.3, -0.25) is 9.48 Å². The van der Waals surface area contributed by atoms with Gasteiger partial charge in [-0.05, 0) is 56.2 Å². The molecule has 1 aromatic heterocycles. The van der Waals surface area contributed by atoms with Gasteiger partial charge in [0.2, 0.25) is 5.91 Å². The summed E-state index contributed by atoms with van der Waals surface area (Å²) in [7, 11) is 0. The zero-order valence-electron chi connectivity index (χ0n) is 19.4. The normalized spacial score (nSPS) is 12.2. The Kier molecular flexibility index (Phi) is 8.88. The Morgan fingerprint density at radius 2 is 2.00 bits per heavy atom. The van der Waals surface area contributed by atoms with E-state index in [1.54, 1.807) is 23.1 Å². The second-order valence-corrected chi connectivity index (χ2v) is 7.72. The molecule has 0 saturated heterocycles. The molecular formula is C25H32N6O2. The number of guanidine groups is 1. The number of aromatic nitrogens is 2. The van der Waals surface area contributed by atoms with Crippen molar-refractivity contribution in [3.05, 3.63) is 78.1 Å². The molecule has 0 saturated carbocycles. The first-order chi connectivity index (χ1) is 16.0. The maximum Gasteiger partial charge on any atom is 0.246 e. The summed E-state index contributed by atoms with van der Waals surface area (Å²) >= 11 is 0. The van der Waals surface area contributed by atoms with Crippen molar-refractivity contribution in [2.75, 3.05) is 18.4 Å². The molecule has 0 radical (unpaired) electrons. The minimum Gasteiger partial charge on any atom is -0.489 e. The summed E-state index contributed by atoms with van der Waals surface area (Å²) in [5.74, 6) is 1.48. The second kappa shape index (κ2) is 12.3. The van der Waals surface area contributed by atoms with E-state index >= 15 is 0 Å². The molecule has 1 heterocycles. The van der Waals surface area contributed by atoms with Gasteiger partial charge in [0.1, 0.15) is 18.4 Å². The lowest BCUT2D eigenvalue weighted by Gasteiger charge is -2.18. The Balaban J connectivity index is 1.53. The summed E-state index contributed by atoms with van der Waals surface area (Å²) in [5.41, 5.74) is 2.84. The van der Waals surface area contributed by atoms with Gasteiger partial charge in [-0.15, -0.1) is 0 Å². The van der Waals surface area contributed by atoms with Gasteiger partial charge in [-0.1, -0.05) is 30.3 Å². The highest BCUT2D eigenvalue weighted by Gasteiger charge is 2.08. The van der Waals surface area contributed by atoms with Crippen molar-refractivity contribution >= 4 is 17.6 Å². The number of para-hydroxylation sites is 1. The molecule has 1 atom stereocenters. The number of ether oxygens (including phenoxy) is 1. The van der Waals surface area contributed by atoms with Crippen LogP contribution < -0.4 is 20.7 Å². The highest BCUT2D eigenvalue weighted by Crippen LogP contribution is 2.17. The van der Waals surface area contributed by atoms with E-state index in [0.717, 1.165) is 29.1 Å². The number of aliphatic imine (C=N–C) groups is 1. The van der Waals surface area contributed by atoms with E-state index in [-0.39, 0.29) is 18.6 Å². The van der Waals surface area contributed by atoms with Crippen LogP contribution in [0.2, 0.25) is 0 Å². The molecule has 0 aliphatic carbocycles. The average molecular weight is 449 g/mol. The van der Waals surface area contributed by atoms with Crippen LogP contribution in [-0.4, -0.2) is 40.8 Å². The molecule has 3 rings (SSSR count). The van der Waals surface area contributed by atoms with E-state index in [2.05, 4.69) is 26.0 Å². The predicted molar refractivity (Wildman–Crippen MR) is 131 cm³/mol. The molecule has 8 nitrogen and oxygen atoms in total. The van der Waals surface area contributed by atoms with E-state index in [9.17, 15) is 4.79 Å². The Hall–Kier alpha value is -3.81. The van der Waals surface area contributed by atoms with E-state index in [1.807, 2.05) is 69.3 Å². The number of aryl methyl sites for hydroxylation is 1. The van der Waals surface area contributed by atoms with Crippen LogP contribution in [0.5, 0.6) is 5.75 Å². The predicted octanol–water partition coefficient (Wildman–Crippen LogP) is 3.35. The zero-order valence-corrected chi connectivity index (χ0v) is 19.4. The summed E-state index contributed by atoms with van der Waals surface area (Å²) in [4.78, 5) is 16.9. The number of hydrogen-bond donors (Lipinski definition) is 3. The molecule has 0 aliphatic heterocycles. The average Bonchev–Trinajstić information content (AvgIpc) is 3.30. The van der Waals surface area contributed by atoms with Crippen LogP contribution in [-0.2, 0) is 17.9 Å². The van der Waals surface area contributed by atoms with Crippen LogP contribution in [0.4, 0.5) is 5.69 Å². The molecule has 174 valence electrons. The van der Waals surface area contributed by atoms with E-state index in [0.29, 0.717) is 19.0 Å². The number of nitrogens with one attached hydrogen (secondary N) is 3. The number of benzene rings is 2. The molecule has 0 fully saturated rings. The Labute approximate surface area is 195 Å². The van der Waals surface area contributed by atoms with E-state index in [1.165, 1.54) is 0 Å². The van der Waals surface area contributed by atoms with Crippen LogP contribution in [0.25, 0.3) is 0 Å². The number of anilines is 1. The van der Waals surface area contributed by atoms with Crippen molar-refractivity contribution in [3.8, 4) is 5.75 Å². The van der Waals surface area contributed by atoms with Crippen LogP contribution in [0.15, 0.2) is 72.0 Å². The fraction of sp³-hybridized carbons (Fsp3) is 0.320. The van der Waals surface area contributed by atoms with Crippen molar-refractivity contribution in [2.24, 2.45) is 4.99 Å². The van der Waals surface area contributed by atoms with Crippen LogP contribution in [0.1, 0.15) is 25.0 Å². The van der Waals surface area contributed by atoms with Crippen molar-refractivity contribution in [2.45, 2.75) is 40.0 Å². The monoisotopic (exact) mass is 448 g/mol. The zero-order chi connectivity index (χ0) is 23.5. The molecule has 1 unspecified atom stereocenters. The standard InChI is InChI=1S/C25H32N6O2/c1-4-26-25(27-16-20(3)33-23-12-6-5-9-19(23)2)28-17-21-10-7-11-22(15-21)30-24(32)18-31-14-8-13-29-31/h5-15,20H,4,16-18H2,1-3H3,(H,30,32)(H2,26,27,28). The SMILES string of the molecule is CCNC(=NCc1cccc(NC(=O)Cn2cccn2)c1)NCC(C)Oc1ccccc1C. The molecular weight excluding hydrogens is 416 g/mol. The van der Waals surface area contributed by atoms with Crippen LogP contribution >= 0.6 is 0 Å². The second-order valence-electron chi connectivity index (χ2n) is 7.72. The van der Waals surface area contributed by atoms with Gasteiger partial charge < -0.3 is 20.7 Å². The quantitative estimate of drug-likeness (QED) is 0.327. The minimum atomic E-state index is -0.128. The summed E-state index contributed by atoms with van der Waals surface area (Å²) in [6, 6.07) is 17.5. The molecule has 3 N–H and O–H groups in total. The molecule has 0 spiro atoms. The van der Waals surface area contributed by atoms with Gasteiger partial charge in [0, 0.05) is 24.6 Å². The fourth-order valence-electron chi connectivity index (χ4n) is 3.19. The first-order valence-corrected chi connectivity index (χ1v) is 11.1. The van der Waals surface area contributed by atoms with Gasteiger partial charge in [-0.2, -0.15) is 5.10 Å². The molecule has 33 heavy (non-hydrogen) atoms. The number of nitrogens with zero attached hydrogens (tertiary/aromatic N) is 3. The molecule has 2 aromatic carbocycles. The molecule has 3 aromatic rings. The molecule has 0 aliphatic rings. The number of hydrogen-bond acceptors (Lipinski definition) is 4. The first-order valence-electron chi connectivity index (χ1n) is 11.1. The summed E-state index contributed by atoms with van der Waals surface area (Å²) in [5, 5.41) is 13.6. The number of rotatable bonds is 10. The lowest BCUT2D eigenvalue weighted by Crippen LogP contribution is -2.41. The van der Waals surface area contributed by atoms with Gasteiger partial charge in [-0.25, -0.2) is 4.99 Å². The lowest BCUT2D eigenvalue weighted by atomic mass is 10.2. The summed E-state index contributed by atoms with van der Waals surface area (Å²) in [6.45, 7) is 8.11. The Morgan fingerprint density at radius 1 is 1.15 bits per heavy atom. The van der Waals surface area contributed by atoms with Gasteiger partial charge in [0.05, 0.1) is 13.1 Å². The third-order valence-electron chi connectivity index (χ3n) is 4.82. The first kappa shape index (κ1) is 23.8. The molecule has 0 bridgehead atoms. The van der Waals surface area contributed by atoms with E-state index in [4.69, 9.17) is 4.74 Å². The largest absolute Gasteiger partial charge is 0.489 e. The van der Waals surface area contributed by atoms with Crippen molar-refractivity contribution in [3.63, 3.8) is 0 Å². The third-order valence-corrected chi connectivity index (χ3v) is 4.82. The topological polar surface area (TPSA) is 92.6 Å². The maximum atomic E-state index is 12.2. The van der Waals surface area contributed by atoms with Crippen molar-refractivity contribution < 1.29 is 9.53 Å². The molecule has 8 heteroatoms. The third kappa shape index (κ3) is 7.99. The van der Waals surface area contributed by atoms with Gasteiger partial charge in [0.15, 0.2) is 5.96 Å². The lowest BCUT2D eigenvalue weighted by molar-refractivity contribution is -0.116. The van der Waals surface area contributed by atoms with Crippen molar-refractivity contribution in [1.82, 2.24) is 20.4 Å². The Bertz CT molecular complexity index is 1050. The summed E-state index contributed by atoms with van der Waals surface area (Å²) in [6.07, 6.45) is 3.38. The minimum absolute atomic E-state index is 0.0247. The Morgan fingerprint density at radius 3 is 2.76 bits per heavy atom.